The zero-order valence-electron chi connectivity index (χ0n) is 11.3. The summed E-state index contributed by atoms with van der Waals surface area (Å²) in [6.45, 7) is 1.71. The van der Waals surface area contributed by atoms with Gasteiger partial charge in [0.15, 0.2) is 0 Å². The van der Waals surface area contributed by atoms with Gasteiger partial charge in [-0.3, -0.25) is 5.41 Å². The van der Waals surface area contributed by atoms with Gasteiger partial charge in [0.2, 0.25) is 10.0 Å². The van der Waals surface area contributed by atoms with Crippen molar-refractivity contribution in [2.75, 3.05) is 14.2 Å². The van der Waals surface area contributed by atoms with Crippen LogP contribution >= 0.6 is 0 Å². The molecular formula is C12H19N3O3S. The maximum Gasteiger partial charge on any atom is 0.243 e. The van der Waals surface area contributed by atoms with Crippen LogP contribution in [0.15, 0.2) is 29.2 Å². The summed E-state index contributed by atoms with van der Waals surface area (Å²) < 4.78 is 30.9. The van der Waals surface area contributed by atoms with Crippen molar-refractivity contribution in [1.29, 1.82) is 5.41 Å². The molecule has 0 saturated carbocycles. The fourth-order valence-electron chi connectivity index (χ4n) is 1.60. The van der Waals surface area contributed by atoms with Crippen molar-refractivity contribution >= 4 is 15.9 Å². The number of nitrogens with one attached hydrogen (secondary N) is 1. The summed E-state index contributed by atoms with van der Waals surface area (Å²) in [5, 5.41) is 7.22. The van der Waals surface area contributed by atoms with Crippen LogP contribution in [0.25, 0.3) is 0 Å². The van der Waals surface area contributed by atoms with Gasteiger partial charge in [-0.1, -0.05) is 0 Å². The van der Waals surface area contributed by atoms with Gasteiger partial charge in [0.1, 0.15) is 5.75 Å². The molecule has 106 valence electrons. The second kappa shape index (κ2) is 6.03. The van der Waals surface area contributed by atoms with E-state index in [0.717, 1.165) is 0 Å². The minimum absolute atomic E-state index is 0.0377. The van der Waals surface area contributed by atoms with E-state index in [1.807, 2.05) is 0 Å². The number of methoxy groups -OCH3 is 1. The SMILES string of the molecule is COc1ccc(S(=O)(=O)N(C)C(C)CC(=N)N)cc1. The van der Waals surface area contributed by atoms with E-state index in [1.165, 1.54) is 30.6 Å². The second-order valence-electron chi connectivity index (χ2n) is 4.28. The zero-order valence-corrected chi connectivity index (χ0v) is 12.1. The molecule has 1 rings (SSSR count). The second-order valence-corrected chi connectivity index (χ2v) is 6.27. The van der Waals surface area contributed by atoms with E-state index in [-0.39, 0.29) is 23.2 Å². The van der Waals surface area contributed by atoms with Crippen molar-refractivity contribution in [3.8, 4) is 5.75 Å². The molecule has 0 aliphatic rings. The van der Waals surface area contributed by atoms with E-state index in [2.05, 4.69) is 0 Å². The fourth-order valence-corrected chi connectivity index (χ4v) is 2.96. The molecule has 0 fully saturated rings. The number of rotatable bonds is 6. The van der Waals surface area contributed by atoms with Crippen LogP contribution in [0, 0.1) is 5.41 Å². The van der Waals surface area contributed by atoms with Crippen LogP contribution in [0.5, 0.6) is 5.75 Å². The average molecular weight is 285 g/mol. The molecule has 1 aromatic carbocycles. The molecule has 1 unspecified atom stereocenters. The normalized spacial score (nSPS) is 13.3. The predicted molar refractivity (Wildman–Crippen MR) is 73.9 cm³/mol. The van der Waals surface area contributed by atoms with Crippen LogP contribution in [-0.2, 0) is 10.0 Å². The highest BCUT2D eigenvalue weighted by atomic mass is 32.2. The highest BCUT2D eigenvalue weighted by Gasteiger charge is 2.25. The van der Waals surface area contributed by atoms with Gasteiger partial charge in [0.25, 0.3) is 0 Å². The smallest absolute Gasteiger partial charge is 0.243 e. The molecular weight excluding hydrogens is 266 g/mol. The number of sulfonamides is 1. The number of hydrogen-bond donors (Lipinski definition) is 2. The molecule has 0 aliphatic heterocycles. The first-order chi connectivity index (χ1) is 8.78. The molecule has 0 radical (unpaired) electrons. The van der Waals surface area contributed by atoms with Gasteiger partial charge in [0, 0.05) is 19.5 Å². The molecule has 6 nitrogen and oxygen atoms in total. The summed E-state index contributed by atoms with van der Waals surface area (Å²) in [6.07, 6.45) is 0.200. The number of nitrogens with zero attached hydrogens (tertiary/aromatic N) is 1. The summed E-state index contributed by atoms with van der Waals surface area (Å²) in [5.74, 6) is 0.558. The number of ether oxygens (including phenoxy) is 1. The minimum Gasteiger partial charge on any atom is -0.497 e. The summed E-state index contributed by atoms with van der Waals surface area (Å²) in [7, 11) is -0.586. The van der Waals surface area contributed by atoms with Gasteiger partial charge in [-0.15, -0.1) is 0 Å². The molecule has 0 aliphatic carbocycles. The summed E-state index contributed by atoms with van der Waals surface area (Å²) >= 11 is 0. The van der Waals surface area contributed by atoms with Crippen molar-refractivity contribution < 1.29 is 13.2 Å². The number of benzene rings is 1. The van der Waals surface area contributed by atoms with Crippen molar-refractivity contribution in [3.05, 3.63) is 24.3 Å². The van der Waals surface area contributed by atoms with Gasteiger partial charge in [-0.05, 0) is 31.2 Å². The van der Waals surface area contributed by atoms with Crippen LogP contribution in [-0.4, -0.2) is 38.8 Å². The molecule has 0 spiro atoms. The number of amidine groups is 1. The minimum atomic E-state index is -3.58. The first-order valence-corrected chi connectivity index (χ1v) is 7.18. The van der Waals surface area contributed by atoms with Crippen molar-refractivity contribution in [1.82, 2.24) is 4.31 Å². The largest absolute Gasteiger partial charge is 0.497 e. The van der Waals surface area contributed by atoms with Crippen LogP contribution in [0.4, 0.5) is 0 Å². The summed E-state index contributed by atoms with van der Waals surface area (Å²) in [6, 6.07) is 5.80. The Balaban J connectivity index is 2.98. The van der Waals surface area contributed by atoms with E-state index in [0.29, 0.717) is 5.75 Å². The standard InChI is InChI=1S/C12H19N3O3S/c1-9(8-12(13)14)15(2)19(16,17)11-6-4-10(18-3)5-7-11/h4-7,9H,8H2,1-3H3,(H3,13,14). The van der Waals surface area contributed by atoms with Crippen LogP contribution in [0.1, 0.15) is 13.3 Å². The molecule has 1 atom stereocenters. The Hall–Kier alpha value is -1.60. The van der Waals surface area contributed by atoms with E-state index in [1.54, 1.807) is 19.1 Å². The lowest BCUT2D eigenvalue weighted by Gasteiger charge is -2.23. The Morgan fingerprint density at radius 3 is 2.37 bits per heavy atom. The van der Waals surface area contributed by atoms with Gasteiger partial charge in [0.05, 0.1) is 17.8 Å². The lowest BCUT2D eigenvalue weighted by Crippen LogP contribution is -2.37. The van der Waals surface area contributed by atoms with Crippen LogP contribution < -0.4 is 10.5 Å². The Kier molecular flexibility index (Phi) is 4.90. The van der Waals surface area contributed by atoms with E-state index in [4.69, 9.17) is 15.9 Å². The van der Waals surface area contributed by atoms with Crippen LogP contribution in [0.2, 0.25) is 0 Å². The molecule has 3 N–H and O–H groups in total. The topological polar surface area (TPSA) is 96.5 Å². The lowest BCUT2D eigenvalue weighted by atomic mass is 10.2. The molecule has 19 heavy (non-hydrogen) atoms. The molecule has 0 saturated heterocycles. The first-order valence-electron chi connectivity index (χ1n) is 5.74. The first kappa shape index (κ1) is 15.5. The predicted octanol–water partition coefficient (Wildman–Crippen LogP) is 1.03. The van der Waals surface area contributed by atoms with Gasteiger partial charge < -0.3 is 10.5 Å². The molecule has 7 heteroatoms. The molecule has 0 heterocycles. The van der Waals surface area contributed by atoms with Gasteiger partial charge in [-0.2, -0.15) is 4.31 Å². The maximum absolute atomic E-state index is 12.3. The lowest BCUT2D eigenvalue weighted by molar-refractivity contribution is 0.395. The maximum atomic E-state index is 12.3. The third-order valence-electron chi connectivity index (χ3n) is 2.87. The van der Waals surface area contributed by atoms with Crippen molar-refractivity contribution in [3.63, 3.8) is 0 Å². The van der Waals surface area contributed by atoms with Crippen molar-refractivity contribution in [2.45, 2.75) is 24.3 Å². The number of nitrogens with two attached hydrogens (primary N) is 1. The number of hydrogen-bond acceptors (Lipinski definition) is 4. The Labute approximate surface area is 113 Å². The third-order valence-corrected chi connectivity index (χ3v) is 4.86. The fraction of sp³-hybridized carbons (Fsp3) is 0.417. The quantitative estimate of drug-likeness (QED) is 0.602. The molecule has 0 bridgehead atoms. The monoisotopic (exact) mass is 285 g/mol. The van der Waals surface area contributed by atoms with Crippen molar-refractivity contribution in [2.24, 2.45) is 5.73 Å². The summed E-state index contributed by atoms with van der Waals surface area (Å²) in [5.41, 5.74) is 5.30. The van der Waals surface area contributed by atoms with E-state index >= 15 is 0 Å². The molecule has 1 aromatic rings. The Morgan fingerprint density at radius 2 is 1.95 bits per heavy atom. The highest BCUT2D eigenvalue weighted by Crippen LogP contribution is 2.20. The summed E-state index contributed by atoms with van der Waals surface area (Å²) in [4.78, 5) is 0.186. The molecule has 0 aromatic heterocycles. The van der Waals surface area contributed by atoms with Gasteiger partial charge in [-0.25, -0.2) is 8.42 Å². The highest BCUT2D eigenvalue weighted by molar-refractivity contribution is 7.89. The Bertz CT molecular complexity index is 540. The van der Waals surface area contributed by atoms with E-state index in [9.17, 15) is 8.42 Å². The van der Waals surface area contributed by atoms with Crippen LogP contribution in [0.3, 0.4) is 0 Å². The van der Waals surface area contributed by atoms with E-state index < -0.39 is 10.0 Å². The molecule has 0 amide bonds. The zero-order chi connectivity index (χ0) is 14.6. The Morgan fingerprint density at radius 1 is 1.42 bits per heavy atom. The average Bonchev–Trinajstić information content (AvgIpc) is 2.37. The third kappa shape index (κ3) is 3.68. The van der Waals surface area contributed by atoms with Gasteiger partial charge >= 0.3 is 0 Å².